The van der Waals surface area contributed by atoms with Gasteiger partial charge in [0.15, 0.2) is 0 Å². The predicted molar refractivity (Wildman–Crippen MR) is 134 cm³/mol. The molecular formula is C27H60N2+2. The summed E-state index contributed by atoms with van der Waals surface area (Å²) in [6, 6.07) is 0. The fraction of sp³-hybridized carbons (Fsp3) is 1.00. The van der Waals surface area contributed by atoms with Crippen LogP contribution in [-0.2, 0) is 0 Å². The van der Waals surface area contributed by atoms with Gasteiger partial charge in [0.05, 0.1) is 54.4 Å². The molecule has 0 spiro atoms. The summed E-state index contributed by atoms with van der Waals surface area (Å²) in [7, 11) is 9.76. The van der Waals surface area contributed by atoms with Crippen molar-refractivity contribution >= 4 is 0 Å². The number of unbranched alkanes of at least 4 members (excludes halogenated alkanes) is 14. The highest BCUT2D eigenvalue weighted by molar-refractivity contribution is 4.49. The molecule has 0 N–H and O–H groups in total. The van der Waals surface area contributed by atoms with E-state index in [0.717, 1.165) is 0 Å². The van der Waals surface area contributed by atoms with Gasteiger partial charge in [0.2, 0.25) is 0 Å². The van der Waals surface area contributed by atoms with E-state index in [1.165, 1.54) is 144 Å². The van der Waals surface area contributed by atoms with Crippen LogP contribution >= 0.6 is 0 Å². The lowest BCUT2D eigenvalue weighted by atomic mass is 10.1. The molecule has 0 rings (SSSR count). The Kier molecular flexibility index (Phi) is 18.6. The summed E-state index contributed by atoms with van der Waals surface area (Å²) in [5.41, 5.74) is 0. The first-order valence-corrected chi connectivity index (χ1v) is 13.5. The molecule has 0 saturated heterocycles. The van der Waals surface area contributed by atoms with Crippen LogP contribution in [0, 0.1) is 0 Å². The molecule has 0 aliphatic carbocycles. The van der Waals surface area contributed by atoms with Crippen LogP contribution in [0.25, 0.3) is 0 Å². The van der Waals surface area contributed by atoms with Gasteiger partial charge in [-0.3, -0.25) is 0 Å². The third-order valence-electron chi connectivity index (χ3n) is 6.76. The summed E-state index contributed by atoms with van der Waals surface area (Å²) in [4.78, 5) is 0. The van der Waals surface area contributed by atoms with Crippen LogP contribution in [0.15, 0.2) is 0 Å². The average molecular weight is 413 g/mol. The van der Waals surface area contributed by atoms with Crippen molar-refractivity contribution in [3.05, 3.63) is 0 Å². The highest BCUT2D eigenvalue weighted by atomic mass is 15.3. The van der Waals surface area contributed by atoms with Gasteiger partial charge in [0.1, 0.15) is 0 Å². The van der Waals surface area contributed by atoms with Crippen molar-refractivity contribution in [3.8, 4) is 0 Å². The first-order valence-electron chi connectivity index (χ1n) is 13.5. The molecule has 0 aromatic rings. The molecule has 0 amide bonds. The Morgan fingerprint density at radius 3 is 0.759 bits per heavy atom. The Balaban J connectivity index is 3.55. The maximum Gasteiger partial charge on any atom is 0.0782 e. The highest BCUT2D eigenvalue weighted by Gasteiger charge is 2.15. The topological polar surface area (TPSA) is 0 Å². The lowest BCUT2D eigenvalue weighted by Crippen LogP contribution is -2.41. The maximum absolute atomic E-state index is 2.44. The molecule has 29 heavy (non-hydrogen) atoms. The standard InChI is InChI=1S/C27H60N2/c1-7-9-11-13-16-20-24-28(3,4)26-22-18-15-19-23-27-29(5,6)25-21-17-14-12-10-8-2/h7-27H2,1-6H3/q+2. The first kappa shape index (κ1) is 28.9. The van der Waals surface area contributed by atoms with E-state index < -0.39 is 0 Å². The maximum atomic E-state index is 2.44. The van der Waals surface area contributed by atoms with Gasteiger partial charge in [-0.2, -0.15) is 0 Å². The number of nitrogens with zero attached hydrogens (tertiary/aromatic N) is 2. The normalized spacial score (nSPS) is 12.6. The largest absolute Gasteiger partial charge is 0.328 e. The third-order valence-corrected chi connectivity index (χ3v) is 6.76. The SMILES string of the molecule is CCCCCCCC[N+](C)(C)CCCCCCC[N+](C)(C)CCCCCCCC. The van der Waals surface area contributed by atoms with E-state index >= 15 is 0 Å². The van der Waals surface area contributed by atoms with Gasteiger partial charge in [0.25, 0.3) is 0 Å². The van der Waals surface area contributed by atoms with E-state index in [9.17, 15) is 0 Å². The van der Waals surface area contributed by atoms with E-state index in [4.69, 9.17) is 0 Å². The summed E-state index contributed by atoms with van der Waals surface area (Å²) in [5.74, 6) is 0. The van der Waals surface area contributed by atoms with Crippen molar-refractivity contribution in [2.45, 2.75) is 123 Å². The molecule has 0 bridgehead atoms. The fourth-order valence-electron chi connectivity index (χ4n) is 4.47. The van der Waals surface area contributed by atoms with Crippen molar-refractivity contribution in [3.63, 3.8) is 0 Å². The number of rotatable bonds is 22. The van der Waals surface area contributed by atoms with Crippen molar-refractivity contribution in [1.29, 1.82) is 0 Å². The van der Waals surface area contributed by atoms with Crippen LogP contribution in [-0.4, -0.2) is 63.3 Å². The zero-order valence-electron chi connectivity index (χ0n) is 21.7. The van der Waals surface area contributed by atoms with E-state index in [2.05, 4.69) is 42.0 Å². The minimum Gasteiger partial charge on any atom is -0.328 e. The van der Waals surface area contributed by atoms with Gasteiger partial charge >= 0.3 is 0 Å². The lowest BCUT2D eigenvalue weighted by molar-refractivity contribution is -0.891. The number of quaternary nitrogens is 2. The predicted octanol–water partition coefficient (Wildman–Crippen LogP) is 7.81. The Hall–Kier alpha value is -0.0800. The van der Waals surface area contributed by atoms with E-state index in [1.54, 1.807) is 0 Å². The monoisotopic (exact) mass is 412 g/mol. The molecule has 0 aliphatic rings. The summed E-state index contributed by atoms with van der Waals surface area (Å²) in [6.07, 6.45) is 24.2. The van der Waals surface area contributed by atoms with E-state index in [0.29, 0.717) is 0 Å². The van der Waals surface area contributed by atoms with Crippen molar-refractivity contribution in [2.75, 3.05) is 54.4 Å². The Morgan fingerprint density at radius 2 is 0.517 bits per heavy atom. The van der Waals surface area contributed by atoms with E-state index in [-0.39, 0.29) is 0 Å². The van der Waals surface area contributed by atoms with Gasteiger partial charge < -0.3 is 8.97 Å². The number of hydrogen-bond acceptors (Lipinski definition) is 0. The van der Waals surface area contributed by atoms with Gasteiger partial charge in [-0.15, -0.1) is 0 Å². The van der Waals surface area contributed by atoms with Gasteiger partial charge in [-0.1, -0.05) is 71.6 Å². The molecule has 2 nitrogen and oxygen atoms in total. The smallest absolute Gasteiger partial charge is 0.0782 e. The number of hydrogen-bond donors (Lipinski definition) is 0. The molecule has 0 heterocycles. The van der Waals surface area contributed by atoms with Gasteiger partial charge in [0, 0.05) is 0 Å². The van der Waals surface area contributed by atoms with E-state index in [1.807, 2.05) is 0 Å². The van der Waals surface area contributed by atoms with Crippen molar-refractivity contribution in [1.82, 2.24) is 0 Å². The zero-order chi connectivity index (χ0) is 21.8. The molecule has 0 aromatic heterocycles. The third kappa shape index (κ3) is 21.0. The molecule has 2 heteroatoms. The molecule has 0 radical (unpaired) electrons. The first-order chi connectivity index (χ1) is 13.8. The van der Waals surface area contributed by atoms with Crippen LogP contribution in [0.3, 0.4) is 0 Å². The molecular weight excluding hydrogens is 352 g/mol. The minimum absolute atomic E-state index is 1.23. The van der Waals surface area contributed by atoms with Gasteiger partial charge in [-0.05, 0) is 51.4 Å². The molecule has 0 atom stereocenters. The van der Waals surface area contributed by atoms with Crippen molar-refractivity contribution < 1.29 is 8.97 Å². The summed E-state index contributed by atoms with van der Waals surface area (Å²) in [6.45, 7) is 10.1. The Bertz CT molecular complexity index is 303. The zero-order valence-corrected chi connectivity index (χ0v) is 21.7. The summed E-state index contributed by atoms with van der Waals surface area (Å²) in [5, 5.41) is 0. The molecule has 0 unspecified atom stereocenters. The van der Waals surface area contributed by atoms with Crippen LogP contribution in [0.1, 0.15) is 123 Å². The fourth-order valence-corrected chi connectivity index (χ4v) is 4.47. The Morgan fingerprint density at radius 1 is 0.310 bits per heavy atom. The quantitative estimate of drug-likeness (QED) is 0.126. The second kappa shape index (κ2) is 18.7. The van der Waals surface area contributed by atoms with Crippen LogP contribution in [0.4, 0.5) is 0 Å². The second-order valence-corrected chi connectivity index (χ2v) is 11.1. The van der Waals surface area contributed by atoms with Crippen LogP contribution in [0.2, 0.25) is 0 Å². The van der Waals surface area contributed by atoms with Crippen molar-refractivity contribution in [2.24, 2.45) is 0 Å². The molecule has 176 valence electrons. The highest BCUT2D eigenvalue weighted by Crippen LogP contribution is 2.13. The molecule has 0 saturated carbocycles. The lowest BCUT2D eigenvalue weighted by Gasteiger charge is -2.30. The van der Waals surface area contributed by atoms with Crippen LogP contribution < -0.4 is 0 Å². The molecule has 0 aliphatic heterocycles. The minimum atomic E-state index is 1.23. The molecule has 0 aromatic carbocycles. The Labute approximate surface area is 186 Å². The molecule has 0 fully saturated rings. The van der Waals surface area contributed by atoms with Crippen LogP contribution in [0.5, 0.6) is 0 Å². The summed E-state index contributed by atoms with van der Waals surface area (Å²) < 4.78 is 2.46. The van der Waals surface area contributed by atoms with Gasteiger partial charge in [-0.25, -0.2) is 0 Å². The summed E-state index contributed by atoms with van der Waals surface area (Å²) >= 11 is 0. The second-order valence-electron chi connectivity index (χ2n) is 11.1. The average Bonchev–Trinajstić information content (AvgIpc) is 2.66.